The van der Waals surface area contributed by atoms with E-state index in [9.17, 15) is 4.79 Å². The summed E-state index contributed by atoms with van der Waals surface area (Å²) in [7, 11) is 0. The summed E-state index contributed by atoms with van der Waals surface area (Å²) in [6, 6.07) is 8.06. The first-order valence-corrected chi connectivity index (χ1v) is 9.67. The van der Waals surface area contributed by atoms with Crippen LogP contribution in [0, 0.1) is 10.6 Å². The number of nitrogens with zero attached hydrogens (tertiary/aromatic N) is 4. The molecule has 4 rings (SSSR count). The number of fused-ring (bicyclic) bond motifs is 1. The van der Waals surface area contributed by atoms with Crippen molar-refractivity contribution < 1.29 is 9.53 Å². The summed E-state index contributed by atoms with van der Waals surface area (Å²) in [4.78, 5) is 17.0. The number of piperidine rings is 1. The van der Waals surface area contributed by atoms with Crippen LogP contribution in [0.1, 0.15) is 12.8 Å². The van der Waals surface area contributed by atoms with Crippen LogP contribution < -0.4 is 0 Å². The number of rotatable bonds is 3. The Morgan fingerprint density at radius 3 is 2.88 bits per heavy atom. The molecule has 0 N–H and O–H groups in total. The molecule has 2 saturated heterocycles. The molecule has 0 radical (unpaired) electrons. The average molecular weight is 372 g/mol. The summed E-state index contributed by atoms with van der Waals surface area (Å²) in [6.45, 7) is 5.11. The van der Waals surface area contributed by atoms with E-state index in [1.165, 1.54) is 0 Å². The van der Waals surface area contributed by atoms with Gasteiger partial charge in [-0.15, -0.1) is 0 Å². The minimum atomic E-state index is 0.0662. The van der Waals surface area contributed by atoms with E-state index >= 15 is 0 Å². The van der Waals surface area contributed by atoms with Crippen molar-refractivity contribution in [2.75, 3.05) is 39.4 Å². The van der Waals surface area contributed by atoms with Gasteiger partial charge in [0.15, 0.2) is 0 Å². The van der Waals surface area contributed by atoms with Crippen molar-refractivity contribution >= 4 is 28.9 Å². The number of ether oxygens (including phenoxy) is 1. The third kappa shape index (κ3) is 3.65. The van der Waals surface area contributed by atoms with Gasteiger partial charge in [-0.05, 0) is 19.4 Å². The molecule has 2 aromatic rings. The van der Waals surface area contributed by atoms with Crippen molar-refractivity contribution in [2.24, 2.45) is 5.92 Å². The quantitative estimate of drug-likeness (QED) is 0.774. The van der Waals surface area contributed by atoms with Gasteiger partial charge in [0, 0.05) is 30.4 Å². The predicted octanol–water partition coefficient (Wildman–Crippen LogP) is 2.29. The second kappa shape index (κ2) is 7.82. The fourth-order valence-corrected chi connectivity index (χ4v) is 4.14. The van der Waals surface area contributed by atoms with Gasteiger partial charge in [-0.25, -0.2) is 4.68 Å². The van der Waals surface area contributed by atoms with Crippen LogP contribution in [0.5, 0.6) is 0 Å². The molecular formula is C19H24N4O2S. The second-order valence-electron chi connectivity index (χ2n) is 7.03. The Hall–Kier alpha value is -1.83. The SMILES string of the molecule is O=C([C@H]1CCCN(Cn2ncc3ccccc3c2=S)C1)N1CCOCC1. The molecule has 1 atom stereocenters. The zero-order valence-electron chi connectivity index (χ0n) is 14.8. The van der Waals surface area contributed by atoms with Crippen molar-refractivity contribution in [2.45, 2.75) is 19.5 Å². The number of hydrogen-bond acceptors (Lipinski definition) is 5. The number of carbonyl (C=O) groups is 1. The van der Waals surface area contributed by atoms with Crippen molar-refractivity contribution in [3.63, 3.8) is 0 Å². The molecule has 2 aliphatic heterocycles. The minimum Gasteiger partial charge on any atom is -0.378 e. The van der Waals surface area contributed by atoms with Gasteiger partial charge in [-0.2, -0.15) is 5.10 Å². The number of likely N-dealkylation sites (tertiary alicyclic amines) is 1. The Balaban J connectivity index is 1.46. The lowest BCUT2D eigenvalue weighted by molar-refractivity contribution is -0.141. The van der Waals surface area contributed by atoms with Gasteiger partial charge in [-0.3, -0.25) is 9.69 Å². The molecule has 6 nitrogen and oxygen atoms in total. The maximum absolute atomic E-state index is 12.8. The van der Waals surface area contributed by atoms with Crippen molar-refractivity contribution in [1.82, 2.24) is 19.6 Å². The molecule has 1 amide bonds. The third-order valence-electron chi connectivity index (χ3n) is 5.27. The Kier molecular flexibility index (Phi) is 5.28. The lowest BCUT2D eigenvalue weighted by Gasteiger charge is -2.36. The number of benzene rings is 1. The largest absolute Gasteiger partial charge is 0.378 e. The Bertz CT molecular complexity index is 847. The molecule has 0 spiro atoms. The van der Waals surface area contributed by atoms with Crippen LogP contribution in [-0.2, 0) is 16.2 Å². The minimum absolute atomic E-state index is 0.0662. The summed E-state index contributed by atoms with van der Waals surface area (Å²) in [5.74, 6) is 0.338. The van der Waals surface area contributed by atoms with Crippen molar-refractivity contribution in [3.05, 3.63) is 35.1 Å². The molecule has 1 aromatic carbocycles. The van der Waals surface area contributed by atoms with Gasteiger partial charge >= 0.3 is 0 Å². The number of amides is 1. The smallest absolute Gasteiger partial charge is 0.227 e. The highest BCUT2D eigenvalue weighted by Gasteiger charge is 2.30. The Morgan fingerprint density at radius 2 is 2.04 bits per heavy atom. The molecule has 7 heteroatoms. The van der Waals surface area contributed by atoms with E-state index in [1.807, 2.05) is 40.0 Å². The van der Waals surface area contributed by atoms with Crippen LogP contribution in [0.2, 0.25) is 0 Å². The highest BCUT2D eigenvalue weighted by Crippen LogP contribution is 2.21. The molecule has 0 saturated carbocycles. The zero-order valence-corrected chi connectivity index (χ0v) is 15.7. The molecule has 138 valence electrons. The lowest BCUT2D eigenvalue weighted by atomic mass is 9.96. The van der Waals surface area contributed by atoms with Crippen LogP contribution in [-0.4, -0.2) is 64.9 Å². The topological polar surface area (TPSA) is 50.6 Å². The first kappa shape index (κ1) is 17.6. The molecule has 2 aliphatic rings. The standard InChI is InChI=1S/C19H24N4O2S/c24-18(22-8-10-25-11-9-22)16-5-3-7-21(13-16)14-23-19(26)17-6-2-1-4-15(17)12-20-23/h1-2,4,6,12,16H,3,5,7-11,13-14H2/t16-/m0/s1. The summed E-state index contributed by atoms with van der Waals surface area (Å²) in [6.07, 6.45) is 3.86. The maximum atomic E-state index is 12.8. The average Bonchev–Trinajstić information content (AvgIpc) is 2.71. The molecule has 3 heterocycles. The summed E-state index contributed by atoms with van der Waals surface area (Å²) in [5.41, 5.74) is 0. The first-order valence-electron chi connectivity index (χ1n) is 9.26. The van der Waals surface area contributed by atoms with Crippen LogP contribution >= 0.6 is 12.2 Å². The maximum Gasteiger partial charge on any atom is 0.227 e. The molecular weight excluding hydrogens is 348 g/mol. The lowest BCUT2D eigenvalue weighted by Crippen LogP contribution is -2.48. The van der Waals surface area contributed by atoms with Gasteiger partial charge in [0.1, 0.15) is 4.64 Å². The number of aromatic nitrogens is 2. The molecule has 0 aliphatic carbocycles. The molecule has 1 aromatic heterocycles. The summed E-state index contributed by atoms with van der Waals surface area (Å²) < 4.78 is 7.99. The monoisotopic (exact) mass is 372 g/mol. The van der Waals surface area contributed by atoms with E-state index in [4.69, 9.17) is 17.0 Å². The fraction of sp³-hybridized carbons (Fsp3) is 0.526. The fourth-order valence-electron chi connectivity index (χ4n) is 3.85. The van der Waals surface area contributed by atoms with Crippen LogP contribution in [0.25, 0.3) is 10.8 Å². The van der Waals surface area contributed by atoms with E-state index in [0.29, 0.717) is 33.0 Å². The molecule has 2 fully saturated rings. The Morgan fingerprint density at radius 1 is 1.23 bits per heavy atom. The highest BCUT2D eigenvalue weighted by atomic mass is 32.1. The second-order valence-corrected chi connectivity index (χ2v) is 7.42. The van der Waals surface area contributed by atoms with E-state index in [-0.39, 0.29) is 11.8 Å². The van der Waals surface area contributed by atoms with E-state index in [0.717, 1.165) is 41.3 Å². The van der Waals surface area contributed by atoms with Crippen LogP contribution in [0.3, 0.4) is 0 Å². The summed E-state index contributed by atoms with van der Waals surface area (Å²) in [5, 5.41) is 6.63. The zero-order chi connectivity index (χ0) is 17.9. The number of carbonyl (C=O) groups excluding carboxylic acids is 1. The van der Waals surface area contributed by atoms with Crippen molar-refractivity contribution in [3.8, 4) is 0 Å². The summed E-state index contributed by atoms with van der Waals surface area (Å²) >= 11 is 5.63. The van der Waals surface area contributed by atoms with E-state index in [2.05, 4.69) is 10.00 Å². The Labute approximate surface area is 158 Å². The normalized spacial score (nSPS) is 21.8. The van der Waals surface area contributed by atoms with E-state index in [1.54, 1.807) is 0 Å². The first-order chi connectivity index (χ1) is 12.7. The van der Waals surface area contributed by atoms with Gasteiger partial charge < -0.3 is 9.64 Å². The van der Waals surface area contributed by atoms with E-state index < -0.39 is 0 Å². The highest BCUT2D eigenvalue weighted by molar-refractivity contribution is 7.71. The van der Waals surface area contributed by atoms with Crippen LogP contribution in [0.4, 0.5) is 0 Å². The molecule has 0 unspecified atom stereocenters. The van der Waals surface area contributed by atoms with Gasteiger partial charge in [-0.1, -0.05) is 36.5 Å². The van der Waals surface area contributed by atoms with Crippen molar-refractivity contribution in [1.29, 1.82) is 0 Å². The van der Waals surface area contributed by atoms with Crippen LogP contribution in [0.15, 0.2) is 30.5 Å². The predicted molar refractivity (Wildman–Crippen MR) is 102 cm³/mol. The number of morpholine rings is 1. The van der Waals surface area contributed by atoms with Gasteiger partial charge in [0.2, 0.25) is 5.91 Å². The van der Waals surface area contributed by atoms with Gasteiger partial charge in [0.25, 0.3) is 0 Å². The third-order valence-corrected chi connectivity index (χ3v) is 5.70. The molecule has 0 bridgehead atoms. The van der Waals surface area contributed by atoms with Gasteiger partial charge in [0.05, 0.1) is 32.0 Å². The molecule has 26 heavy (non-hydrogen) atoms. The number of hydrogen-bond donors (Lipinski definition) is 0.